The van der Waals surface area contributed by atoms with Gasteiger partial charge >= 0.3 is 0 Å². The Balaban J connectivity index is 2.43. The molecule has 0 radical (unpaired) electrons. The van der Waals surface area contributed by atoms with Crippen LogP contribution in [0.1, 0.15) is 24.8 Å². The minimum Gasteiger partial charge on any atom is -0.448 e. The second kappa shape index (κ2) is 3.90. The lowest BCUT2D eigenvalue weighted by Gasteiger charge is -1.99. The molecule has 4 nitrogen and oxygen atoms in total. The van der Waals surface area contributed by atoms with E-state index in [0.717, 1.165) is 11.5 Å². The molecule has 1 N–H and O–H groups in total. The Morgan fingerprint density at radius 1 is 1.75 bits per heavy atom. The third-order valence-corrected chi connectivity index (χ3v) is 1.62. The fourth-order valence-corrected chi connectivity index (χ4v) is 0.805. The van der Waals surface area contributed by atoms with Gasteiger partial charge in [0, 0.05) is 6.42 Å². The number of carbonyl (C=O) groups is 1. The third-order valence-electron chi connectivity index (χ3n) is 1.62. The standard InChI is InChI=1S/C8H12N2O2/c1-3-8(11)9-4-7-6(2)12-5-10-7/h5H,3-4H2,1-2H3,(H,9,11). The van der Waals surface area contributed by atoms with Gasteiger partial charge in [0.05, 0.1) is 6.54 Å². The molecule has 1 aromatic heterocycles. The highest BCUT2D eigenvalue weighted by Crippen LogP contribution is 2.03. The lowest BCUT2D eigenvalue weighted by molar-refractivity contribution is -0.120. The normalized spacial score (nSPS) is 9.83. The Morgan fingerprint density at radius 3 is 3.00 bits per heavy atom. The van der Waals surface area contributed by atoms with E-state index in [9.17, 15) is 4.79 Å². The number of amides is 1. The van der Waals surface area contributed by atoms with Crippen LogP contribution in [0.2, 0.25) is 0 Å². The van der Waals surface area contributed by atoms with Crippen molar-refractivity contribution in [2.45, 2.75) is 26.8 Å². The van der Waals surface area contributed by atoms with Gasteiger partial charge in [-0.1, -0.05) is 6.92 Å². The molecule has 0 aromatic carbocycles. The molecule has 0 saturated carbocycles. The Bertz CT molecular complexity index is 268. The number of hydrogen-bond acceptors (Lipinski definition) is 3. The first-order valence-electron chi connectivity index (χ1n) is 3.89. The van der Waals surface area contributed by atoms with Gasteiger partial charge in [0.2, 0.25) is 5.91 Å². The van der Waals surface area contributed by atoms with Gasteiger partial charge in [0.25, 0.3) is 0 Å². The number of aromatic nitrogens is 1. The topological polar surface area (TPSA) is 55.1 Å². The Kier molecular flexibility index (Phi) is 2.85. The summed E-state index contributed by atoms with van der Waals surface area (Å²) in [7, 11) is 0. The van der Waals surface area contributed by atoms with E-state index in [4.69, 9.17) is 4.42 Å². The molecule has 1 rings (SSSR count). The Hall–Kier alpha value is -1.32. The molecule has 0 fully saturated rings. The highest BCUT2D eigenvalue weighted by molar-refractivity contribution is 5.75. The predicted molar refractivity (Wildman–Crippen MR) is 43.4 cm³/mol. The minimum atomic E-state index is 0.0254. The maximum Gasteiger partial charge on any atom is 0.220 e. The molecule has 0 aliphatic heterocycles. The van der Waals surface area contributed by atoms with Crippen LogP contribution in [-0.2, 0) is 11.3 Å². The van der Waals surface area contributed by atoms with Crippen LogP contribution in [0, 0.1) is 6.92 Å². The number of hydrogen-bond donors (Lipinski definition) is 1. The summed E-state index contributed by atoms with van der Waals surface area (Å²) in [5.41, 5.74) is 0.789. The monoisotopic (exact) mass is 168 g/mol. The van der Waals surface area contributed by atoms with Crippen LogP contribution in [0.4, 0.5) is 0 Å². The van der Waals surface area contributed by atoms with Crippen LogP contribution < -0.4 is 5.32 Å². The second-order valence-electron chi connectivity index (χ2n) is 2.49. The smallest absolute Gasteiger partial charge is 0.220 e. The van der Waals surface area contributed by atoms with Gasteiger partial charge in [0.15, 0.2) is 6.39 Å². The first-order valence-corrected chi connectivity index (χ1v) is 3.89. The van der Waals surface area contributed by atoms with E-state index in [1.807, 2.05) is 13.8 Å². The zero-order valence-electron chi connectivity index (χ0n) is 7.26. The van der Waals surface area contributed by atoms with Crippen LogP contribution in [-0.4, -0.2) is 10.9 Å². The van der Waals surface area contributed by atoms with Gasteiger partial charge in [-0.15, -0.1) is 0 Å². The van der Waals surface area contributed by atoms with Crippen molar-refractivity contribution in [2.75, 3.05) is 0 Å². The predicted octanol–water partition coefficient (Wildman–Crippen LogP) is 1.01. The summed E-state index contributed by atoms with van der Waals surface area (Å²) >= 11 is 0. The van der Waals surface area contributed by atoms with Crippen LogP contribution in [0.5, 0.6) is 0 Å². The van der Waals surface area contributed by atoms with E-state index in [-0.39, 0.29) is 5.91 Å². The van der Waals surface area contributed by atoms with E-state index in [0.29, 0.717) is 13.0 Å². The molecule has 0 aliphatic rings. The molecule has 0 bridgehead atoms. The van der Waals surface area contributed by atoms with Crippen molar-refractivity contribution in [3.8, 4) is 0 Å². The van der Waals surface area contributed by atoms with Gasteiger partial charge in [-0.05, 0) is 6.92 Å². The Labute approximate surface area is 71.0 Å². The van der Waals surface area contributed by atoms with Crippen molar-refractivity contribution in [1.82, 2.24) is 10.3 Å². The number of nitrogens with zero attached hydrogens (tertiary/aromatic N) is 1. The quantitative estimate of drug-likeness (QED) is 0.732. The van der Waals surface area contributed by atoms with Crippen molar-refractivity contribution < 1.29 is 9.21 Å². The number of oxazole rings is 1. The van der Waals surface area contributed by atoms with E-state index >= 15 is 0 Å². The van der Waals surface area contributed by atoms with Crippen LogP contribution in [0.3, 0.4) is 0 Å². The molecule has 0 saturated heterocycles. The summed E-state index contributed by atoms with van der Waals surface area (Å²) in [5, 5.41) is 2.71. The summed E-state index contributed by atoms with van der Waals surface area (Å²) in [5.74, 6) is 0.781. The summed E-state index contributed by atoms with van der Waals surface area (Å²) in [6.07, 6.45) is 1.87. The van der Waals surface area contributed by atoms with Crippen molar-refractivity contribution in [2.24, 2.45) is 0 Å². The molecule has 12 heavy (non-hydrogen) atoms. The number of carbonyl (C=O) groups excluding carboxylic acids is 1. The average Bonchev–Trinajstić information content (AvgIpc) is 2.47. The number of rotatable bonds is 3. The summed E-state index contributed by atoms with van der Waals surface area (Å²) < 4.78 is 4.97. The first-order chi connectivity index (χ1) is 5.74. The molecule has 4 heteroatoms. The van der Waals surface area contributed by atoms with Crippen molar-refractivity contribution in [3.05, 3.63) is 17.8 Å². The summed E-state index contributed by atoms with van der Waals surface area (Å²) in [6.45, 7) is 4.08. The average molecular weight is 168 g/mol. The van der Waals surface area contributed by atoms with Crippen LogP contribution in [0.15, 0.2) is 10.8 Å². The molecular formula is C8H12N2O2. The van der Waals surface area contributed by atoms with Gasteiger partial charge in [0.1, 0.15) is 11.5 Å². The summed E-state index contributed by atoms with van der Waals surface area (Å²) in [4.78, 5) is 14.8. The van der Waals surface area contributed by atoms with Crippen LogP contribution >= 0.6 is 0 Å². The highest BCUT2D eigenvalue weighted by atomic mass is 16.3. The SMILES string of the molecule is CCC(=O)NCc1ncoc1C. The van der Waals surface area contributed by atoms with Gasteiger partial charge in [-0.3, -0.25) is 4.79 Å². The van der Waals surface area contributed by atoms with Crippen LogP contribution in [0.25, 0.3) is 0 Å². The molecule has 1 aromatic rings. The largest absolute Gasteiger partial charge is 0.448 e. The fraction of sp³-hybridized carbons (Fsp3) is 0.500. The van der Waals surface area contributed by atoms with Gasteiger partial charge < -0.3 is 9.73 Å². The molecule has 66 valence electrons. The molecule has 1 heterocycles. The third kappa shape index (κ3) is 2.08. The molecule has 0 spiro atoms. The molecule has 0 unspecified atom stereocenters. The zero-order valence-corrected chi connectivity index (χ0v) is 7.26. The lowest BCUT2D eigenvalue weighted by atomic mass is 10.3. The van der Waals surface area contributed by atoms with Crippen molar-refractivity contribution in [1.29, 1.82) is 0 Å². The first kappa shape index (κ1) is 8.77. The highest BCUT2D eigenvalue weighted by Gasteiger charge is 2.03. The molecule has 1 amide bonds. The number of aryl methyl sites for hydroxylation is 1. The van der Waals surface area contributed by atoms with Gasteiger partial charge in [-0.2, -0.15) is 0 Å². The number of nitrogens with one attached hydrogen (secondary N) is 1. The maximum atomic E-state index is 10.8. The fourth-order valence-electron chi connectivity index (χ4n) is 0.805. The Morgan fingerprint density at radius 2 is 2.50 bits per heavy atom. The zero-order chi connectivity index (χ0) is 8.97. The molecular weight excluding hydrogens is 156 g/mol. The second-order valence-corrected chi connectivity index (χ2v) is 2.49. The van der Waals surface area contributed by atoms with Gasteiger partial charge in [-0.25, -0.2) is 4.98 Å². The minimum absolute atomic E-state index is 0.0254. The van der Waals surface area contributed by atoms with Crippen molar-refractivity contribution in [3.63, 3.8) is 0 Å². The lowest BCUT2D eigenvalue weighted by Crippen LogP contribution is -2.21. The van der Waals surface area contributed by atoms with E-state index in [2.05, 4.69) is 10.3 Å². The van der Waals surface area contributed by atoms with E-state index < -0.39 is 0 Å². The maximum absolute atomic E-state index is 10.8. The van der Waals surface area contributed by atoms with E-state index in [1.54, 1.807) is 0 Å². The van der Waals surface area contributed by atoms with Crippen molar-refractivity contribution >= 4 is 5.91 Å². The molecule has 0 aliphatic carbocycles. The van der Waals surface area contributed by atoms with E-state index in [1.165, 1.54) is 6.39 Å². The summed E-state index contributed by atoms with van der Waals surface area (Å²) in [6, 6.07) is 0. The molecule has 0 atom stereocenters.